The van der Waals surface area contributed by atoms with Crippen LogP contribution in [0, 0.1) is 0 Å². The van der Waals surface area contributed by atoms with Crippen molar-refractivity contribution in [3.63, 3.8) is 0 Å². The van der Waals surface area contributed by atoms with Crippen LogP contribution in [0.2, 0.25) is 0 Å². The number of rotatable bonds is 1. The van der Waals surface area contributed by atoms with Gasteiger partial charge in [-0.3, -0.25) is 4.79 Å². The maximum atomic E-state index is 12.0. The first-order chi connectivity index (χ1) is 8.27. The van der Waals surface area contributed by atoms with Crippen LogP contribution in [-0.2, 0) is 11.3 Å². The lowest BCUT2D eigenvalue weighted by Crippen LogP contribution is -2.19. The molecule has 0 atom stereocenters. The van der Waals surface area contributed by atoms with Gasteiger partial charge in [-0.05, 0) is 18.8 Å². The first kappa shape index (κ1) is 11.2. The minimum atomic E-state index is 0.125. The molecule has 3 rings (SSSR count). The second-order valence-electron chi connectivity index (χ2n) is 4.93. The zero-order chi connectivity index (χ0) is 11.8. The van der Waals surface area contributed by atoms with Crippen LogP contribution in [0.5, 0.6) is 0 Å². The van der Waals surface area contributed by atoms with E-state index in [0.29, 0.717) is 12.5 Å². The molecule has 3 nitrogen and oxygen atoms in total. The zero-order valence-electron chi connectivity index (χ0n) is 9.83. The van der Waals surface area contributed by atoms with E-state index in [1.807, 2.05) is 0 Å². The monoisotopic (exact) mass is 251 g/mol. The van der Waals surface area contributed by atoms with E-state index in [2.05, 4.69) is 0 Å². The Labute approximate surface area is 105 Å². The summed E-state index contributed by atoms with van der Waals surface area (Å²) in [6, 6.07) is 0. The van der Waals surface area contributed by atoms with E-state index < -0.39 is 0 Å². The molecule has 1 aliphatic heterocycles. The molecule has 4 heteroatoms. The number of hydrogen-bond acceptors (Lipinski definition) is 4. The lowest BCUT2D eigenvalue weighted by Gasteiger charge is -2.23. The van der Waals surface area contributed by atoms with Gasteiger partial charge < -0.3 is 10.5 Å². The number of ether oxygens (including phenoxy) is 1. The van der Waals surface area contributed by atoms with Crippen LogP contribution in [-0.4, -0.2) is 12.4 Å². The van der Waals surface area contributed by atoms with Crippen LogP contribution >= 0.6 is 11.3 Å². The van der Waals surface area contributed by atoms with Crippen molar-refractivity contribution in [2.24, 2.45) is 0 Å². The van der Waals surface area contributed by atoms with Crippen molar-refractivity contribution in [3.05, 3.63) is 16.0 Å². The number of thiophene rings is 1. The quantitative estimate of drug-likeness (QED) is 0.834. The molecule has 1 saturated carbocycles. The summed E-state index contributed by atoms with van der Waals surface area (Å²) in [6.07, 6.45) is 6.21. The van der Waals surface area contributed by atoms with Crippen molar-refractivity contribution in [1.82, 2.24) is 0 Å². The molecular weight excluding hydrogens is 234 g/mol. The third kappa shape index (κ3) is 1.89. The topological polar surface area (TPSA) is 52.3 Å². The summed E-state index contributed by atoms with van der Waals surface area (Å²) < 4.78 is 5.27. The Morgan fingerprint density at radius 3 is 2.71 bits per heavy atom. The van der Waals surface area contributed by atoms with Crippen LogP contribution in [0.4, 0.5) is 5.00 Å². The van der Waals surface area contributed by atoms with Crippen molar-refractivity contribution < 1.29 is 9.53 Å². The number of carbonyl (C=O) groups excluding carboxylic acids is 1. The fraction of sp³-hybridized carbons (Fsp3) is 0.615. The summed E-state index contributed by atoms with van der Waals surface area (Å²) in [5.74, 6) is 0.630. The Morgan fingerprint density at radius 1 is 1.18 bits per heavy atom. The van der Waals surface area contributed by atoms with E-state index >= 15 is 0 Å². The number of nitrogens with two attached hydrogens (primary N) is 1. The normalized spacial score (nSPS) is 21.5. The minimum absolute atomic E-state index is 0.125. The van der Waals surface area contributed by atoms with E-state index in [4.69, 9.17) is 10.5 Å². The van der Waals surface area contributed by atoms with E-state index in [1.54, 1.807) is 11.3 Å². The van der Waals surface area contributed by atoms with Gasteiger partial charge in [-0.25, -0.2) is 0 Å². The summed E-state index contributed by atoms with van der Waals surface area (Å²) in [6.45, 7) is 0.783. The van der Waals surface area contributed by atoms with Gasteiger partial charge in [-0.15, -0.1) is 11.3 Å². The molecule has 1 aliphatic carbocycles. The predicted octanol–water partition coefficient (Wildman–Crippen LogP) is 3.09. The van der Waals surface area contributed by atoms with E-state index in [9.17, 15) is 4.79 Å². The van der Waals surface area contributed by atoms with Crippen LogP contribution < -0.4 is 5.73 Å². The van der Waals surface area contributed by atoms with Crippen LogP contribution in [0.15, 0.2) is 0 Å². The number of ketones is 1. The molecule has 1 aromatic rings. The molecule has 1 fully saturated rings. The van der Waals surface area contributed by atoms with Gasteiger partial charge >= 0.3 is 0 Å². The van der Waals surface area contributed by atoms with Crippen molar-refractivity contribution in [2.75, 3.05) is 12.3 Å². The molecule has 2 N–H and O–H groups in total. The maximum Gasteiger partial charge on any atom is 0.190 e. The summed E-state index contributed by atoms with van der Waals surface area (Å²) in [5.41, 5.74) is 8.18. The van der Waals surface area contributed by atoms with Gasteiger partial charge in [-0.1, -0.05) is 19.3 Å². The number of Topliss-reactive ketones (excluding diaryl/α,β-unsaturated/α-hetero) is 1. The molecule has 17 heavy (non-hydrogen) atoms. The molecule has 0 unspecified atom stereocenters. The number of carbonyl (C=O) groups is 1. The highest BCUT2D eigenvalue weighted by Crippen LogP contribution is 2.44. The standard InChI is InChI=1S/C13H17NO2S/c14-13-11(8-4-2-1-3-5-8)12-9(15)6-16-7-10(12)17-13/h8H,1-7,14H2. The average Bonchev–Trinajstić information content (AvgIpc) is 2.68. The van der Waals surface area contributed by atoms with Gasteiger partial charge in [0.1, 0.15) is 6.61 Å². The Bertz CT molecular complexity index is 447. The van der Waals surface area contributed by atoms with E-state index in [1.165, 1.54) is 32.1 Å². The average molecular weight is 251 g/mol. The van der Waals surface area contributed by atoms with E-state index in [-0.39, 0.29) is 12.4 Å². The summed E-state index contributed by atoms with van der Waals surface area (Å²) in [7, 11) is 0. The van der Waals surface area contributed by atoms with Crippen molar-refractivity contribution in [2.45, 2.75) is 44.6 Å². The van der Waals surface area contributed by atoms with E-state index in [0.717, 1.165) is 21.0 Å². The smallest absolute Gasteiger partial charge is 0.190 e. The summed E-state index contributed by atoms with van der Waals surface area (Å²) in [5, 5.41) is 0.848. The number of anilines is 1. The van der Waals surface area contributed by atoms with Crippen molar-refractivity contribution in [1.29, 1.82) is 0 Å². The first-order valence-corrected chi connectivity index (χ1v) is 7.11. The number of fused-ring (bicyclic) bond motifs is 1. The molecule has 2 heterocycles. The van der Waals surface area contributed by atoms with Gasteiger partial charge in [0.25, 0.3) is 0 Å². The number of hydrogen-bond donors (Lipinski definition) is 1. The third-order valence-electron chi connectivity index (χ3n) is 3.81. The van der Waals surface area contributed by atoms with Gasteiger partial charge in [0, 0.05) is 16.0 Å². The molecule has 0 aromatic carbocycles. The Balaban J connectivity index is 2.03. The molecule has 0 amide bonds. The minimum Gasteiger partial charge on any atom is -0.390 e. The summed E-state index contributed by atoms with van der Waals surface area (Å²) >= 11 is 1.55. The fourth-order valence-corrected chi connectivity index (χ4v) is 4.14. The van der Waals surface area contributed by atoms with Crippen LogP contribution in [0.1, 0.15) is 58.8 Å². The molecule has 2 aliphatic rings. The molecule has 0 saturated heterocycles. The molecule has 0 spiro atoms. The molecule has 0 bridgehead atoms. The van der Waals surface area contributed by atoms with Gasteiger partial charge in [-0.2, -0.15) is 0 Å². The Morgan fingerprint density at radius 2 is 1.94 bits per heavy atom. The molecule has 1 aromatic heterocycles. The summed E-state index contributed by atoms with van der Waals surface area (Å²) in [4.78, 5) is 13.0. The molecule has 0 radical (unpaired) electrons. The molecule has 92 valence electrons. The highest BCUT2D eigenvalue weighted by atomic mass is 32.1. The second-order valence-corrected chi connectivity index (χ2v) is 6.07. The number of nitrogen functional groups attached to an aromatic ring is 1. The van der Waals surface area contributed by atoms with Gasteiger partial charge in [0.05, 0.1) is 11.6 Å². The Kier molecular flexibility index (Phi) is 2.92. The first-order valence-electron chi connectivity index (χ1n) is 6.29. The highest BCUT2D eigenvalue weighted by molar-refractivity contribution is 7.16. The predicted molar refractivity (Wildman–Crippen MR) is 68.5 cm³/mol. The van der Waals surface area contributed by atoms with Crippen molar-refractivity contribution >= 4 is 22.1 Å². The maximum absolute atomic E-state index is 12.0. The lowest BCUT2D eigenvalue weighted by molar-refractivity contribution is 0.0672. The largest absolute Gasteiger partial charge is 0.390 e. The fourth-order valence-electron chi connectivity index (χ4n) is 3.02. The second kappa shape index (κ2) is 4.42. The highest BCUT2D eigenvalue weighted by Gasteiger charge is 2.30. The zero-order valence-corrected chi connectivity index (χ0v) is 10.6. The van der Waals surface area contributed by atoms with Crippen molar-refractivity contribution in [3.8, 4) is 0 Å². The van der Waals surface area contributed by atoms with Gasteiger partial charge in [0.15, 0.2) is 5.78 Å². The third-order valence-corrected chi connectivity index (χ3v) is 4.81. The van der Waals surface area contributed by atoms with Gasteiger partial charge in [0.2, 0.25) is 0 Å². The lowest BCUT2D eigenvalue weighted by atomic mass is 9.82. The van der Waals surface area contributed by atoms with Crippen LogP contribution in [0.3, 0.4) is 0 Å². The SMILES string of the molecule is Nc1sc2c(c1C1CCCCC1)C(=O)COC2. The Hall–Kier alpha value is -0.870. The molecular formula is C13H17NO2S. The van der Waals surface area contributed by atoms with Crippen LogP contribution in [0.25, 0.3) is 0 Å².